The van der Waals surface area contributed by atoms with Crippen molar-refractivity contribution in [3.63, 3.8) is 0 Å². The van der Waals surface area contributed by atoms with E-state index in [0.717, 1.165) is 21.9 Å². The van der Waals surface area contributed by atoms with Gasteiger partial charge in [0.15, 0.2) is 11.6 Å². The van der Waals surface area contributed by atoms with Crippen LogP contribution in [0.1, 0.15) is 11.8 Å². The molecule has 3 aromatic rings. The van der Waals surface area contributed by atoms with Gasteiger partial charge in [0.05, 0.1) is 11.4 Å². The molecule has 0 radical (unpaired) electrons. The first-order valence-corrected chi connectivity index (χ1v) is 7.47. The van der Waals surface area contributed by atoms with Crippen molar-refractivity contribution in [1.82, 2.24) is 15.5 Å². The molecule has 5 nitrogen and oxygen atoms in total. The minimum atomic E-state index is -0.976. The number of benzene rings is 1. The molecule has 1 aromatic carbocycles. The number of hydrogen-bond acceptors (Lipinski definition) is 5. The monoisotopic (exact) mass is 335 g/mol. The fraction of sp³-hybridized carbons (Fsp3) is 0.133. The van der Waals surface area contributed by atoms with Crippen molar-refractivity contribution in [2.75, 3.05) is 0 Å². The third kappa shape index (κ3) is 3.42. The van der Waals surface area contributed by atoms with Crippen LogP contribution < -0.4 is 5.32 Å². The summed E-state index contributed by atoms with van der Waals surface area (Å²) in [5.41, 5.74) is 0.303. The summed E-state index contributed by atoms with van der Waals surface area (Å²) < 4.78 is 31.3. The number of carbonyl (C=O) groups is 1. The minimum absolute atomic E-state index is 0.107. The number of nitrogens with one attached hydrogen (secondary N) is 1. The summed E-state index contributed by atoms with van der Waals surface area (Å²) in [5.74, 6) is -1.56. The SMILES string of the molecule is CC(=O)NCc1ccc(-c2noc(-c3ccc(F)c(F)c3)n2)s1. The van der Waals surface area contributed by atoms with Gasteiger partial charge in [-0.05, 0) is 30.3 Å². The van der Waals surface area contributed by atoms with Crippen LogP contribution in [-0.4, -0.2) is 16.0 Å². The maximum absolute atomic E-state index is 13.3. The minimum Gasteiger partial charge on any atom is -0.351 e. The number of carbonyl (C=O) groups excluding carboxylic acids is 1. The number of rotatable bonds is 4. The molecule has 0 aliphatic heterocycles. The van der Waals surface area contributed by atoms with Gasteiger partial charge in [-0.2, -0.15) is 4.98 Å². The van der Waals surface area contributed by atoms with Crippen LogP contribution in [0, 0.1) is 11.6 Å². The average molecular weight is 335 g/mol. The molecule has 3 rings (SSSR count). The zero-order valence-electron chi connectivity index (χ0n) is 12.0. The Morgan fingerprint density at radius 3 is 2.83 bits per heavy atom. The van der Waals surface area contributed by atoms with Gasteiger partial charge in [0.1, 0.15) is 0 Å². The lowest BCUT2D eigenvalue weighted by Gasteiger charge is -1.96. The van der Waals surface area contributed by atoms with Crippen molar-refractivity contribution in [1.29, 1.82) is 0 Å². The zero-order chi connectivity index (χ0) is 16.4. The van der Waals surface area contributed by atoms with E-state index >= 15 is 0 Å². The summed E-state index contributed by atoms with van der Waals surface area (Å²) in [6, 6.07) is 7.03. The molecule has 1 N–H and O–H groups in total. The van der Waals surface area contributed by atoms with Crippen LogP contribution in [0.3, 0.4) is 0 Å². The molecule has 0 bridgehead atoms. The molecule has 8 heteroatoms. The average Bonchev–Trinajstić information content (AvgIpc) is 3.16. The van der Waals surface area contributed by atoms with Crippen LogP contribution >= 0.6 is 11.3 Å². The Labute approximate surface area is 134 Å². The molecule has 0 saturated heterocycles. The number of amides is 1. The number of thiophene rings is 1. The van der Waals surface area contributed by atoms with E-state index in [1.165, 1.54) is 24.3 Å². The lowest BCUT2D eigenvalue weighted by molar-refractivity contribution is -0.119. The van der Waals surface area contributed by atoms with Crippen LogP contribution in [0.15, 0.2) is 34.9 Å². The first-order chi connectivity index (χ1) is 11.0. The first-order valence-electron chi connectivity index (χ1n) is 6.65. The summed E-state index contributed by atoms with van der Waals surface area (Å²) in [6.45, 7) is 1.87. The van der Waals surface area contributed by atoms with E-state index in [2.05, 4.69) is 15.5 Å². The Bertz CT molecular complexity index is 860. The third-order valence-corrected chi connectivity index (χ3v) is 4.07. The Hall–Kier alpha value is -2.61. The predicted molar refractivity (Wildman–Crippen MR) is 80.5 cm³/mol. The molecule has 0 aliphatic carbocycles. The highest BCUT2D eigenvalue weighted by molar-refractivity contribution is 7.15. The molecule has 0 spiro atoms. The van der Waals surface area contributed by atoms with Crippen molar-refractivity contribution in [2.45, 2.75) is 13.5 Å². The number of aromatic nitrogens is 2. The van der Waals surface area contributed by atoms with Crippen molar-refractivity contribution >= 4 is 17.2 Å². The van der Waals surface area contributed by atoms with Gasteiger partial charge in [0.2, 0.25) is 11.7 Å². The Balaban J connectivity index is 1.81. The van der Waals surface area contributed by atoms with Crippen molar-refractivity contribution in [2.24, 2.45) is 0 Å². The van der Waals surface area contributed by atoms with Crippen LogP contribution in [0.4, 0.5) is 8.78 Å². The van der Waals surface area contributed by atoms with E-state index in [0.29, 0.717) is 17.9 Å². The highest BCUT2D eigenvalue weighted by Gasteiger charge is 2.14. The van der Waals surface area contributed by atoms with E-state index in [4.69, 9.17) is 4.52 Å². The second-order valence-electron chi connectivity index (χ2n) is 4.73. The largest absolute Gasteiger partial charge is 0.351 e. The molecule has 118 valence electrons. The van der Waals surface area contributed by atoms with E-state index in [9.17, 15) is 13.6 Å². The van der Waals surface area contributed by atoms with E-state index < -0.39 is 11.6 Å². The first kappa shape index (κ1) is 15.3. The standard InChI is InChI=1S/C15H11F2N3O2S/c1-8(21)18-7-10-3-5-13(23-10)14-19-15(22-20-14)9-2-4-11(16)12(17)6-9/h2-6H,7H2,1H3,(H,18,21). The van der Waals surface area contributed by atoms with Crippen LogP contribution in [0.5, 0.6) is 0 Å². The van der Waals surface area contributed by atoms with E-state index in [1.54, 1.807) is 0 Å². The molecule has 0 unspecified atom stereocenters. The fourth-order valence-electron chi connectivity index (χ4n) is 1.87. The summed E-state index contributed by atoms with van der Waals surface area (Å²) in [6.07, 6.45) is 0. The second-order valence-corrected chi connectivity index (χ2v) is 5.90. The normalized spacial score (nSPS) is 10.7. The maximum atomic E-state index is 13.3. The molecule has 23 heavy (non-hydrogen) atoms. The highest BCUT2D eigenvalue weighted by atomic mass is 32.1. The maximum Gasteiger partial charge on any atom is 0.258 e. The Morgan fingerprint density at radius 1 is 1.26 bits per heavy atom. The van der Waals surface area contributed by atoms with Crippen LogP contribution in [-0.2, 0) is 11.3 Å². The van der Waals surface area contributed by atoms with Crippen molar-refractivity contribution < 1.29 is 18.1 Å². The van der Waals surface area contributed by atoms with Crippen molar-refractivity contribution in [3.05, 3.63) is 46.8 Å². The van der Waals surface area contributed by atoms with Gasteiger partial charge in [-0.25, -0.2) is 8.78 Å². The lowest BCUT2D eigenvalue weighted by atomic mass is 10.2. The molecule has 0 fully saturated rings. The van der Waals surface area contributed by atoms with Crippen LogP contribution in [0.25, 0.3) is 22.2 Å². The molecule has 0 atom stereocenters. The molecule has 2 aromatic heterocycles. The van der Waals surface area contributed by atoms with E-state index in [1.807, 2.05) is 12.1 Å². The fourth-order valence-corrected chi connectivity index (χ4v) is 2.75. The van der Waals surface area contributed by atoms with Crippen molar-refractivity contribution in [3.8, 4) is 22.2 Å². The van der Waals surface area contributed by atoms with Gasteiger partial charge in [0.25, 0.3) is 5.89 Å². The topological polar surface area (TPSA) is 68.0 Å². The predicted octanol–water partition coefficient (Wildman–Crippen LogP) is 3.38. The molecular weight excluding hydrogens is 324 g/mol. The summed E-state index contributed by atoms with van der Waals surface area (Å²) in [4.78, 5) is 16.8. The molecule has 1 amide bonds. The number of hydrogen-bond donors (Lipinski definition) is 1. The Morgan fingerprint density at radius 2 is 2.09 bits per heavy atom. The van der Waals surface area contributed by atoms with E-state index in [-0.39, 0.29) is 11.8 Å². The van der Waals surface area contributed by atoms with Gasteiger partial charge in [-0.3, -0.25) is 4.79 Å². The van der Waals surface area contributed by atoms with Gasteiger partial charge in [-0.15, -0.1) is 11.3 Å². The molecule has 0 saturated carbocycles. The third-order valence-electron chi connectivity index (χ3n) is 2.99. The lowest BCUT2D eigenvalue weighted by Crippen LogP contribution is -2.17. The Kier molecular flexibility index (Phi) is 4.16. The highest BCUT2D eigenvalue weighted by Crippen LogP contribution is 2.28. The summed E-state index contributed by atoms with van der Waals surface area (Å²) in [7, 11) is 0. The second kappa shape index (κ2) is 6.25. The quantitative estimate of drug-likeness (QED) is 0.794. The van der Waals surface area contributed by atoms with Gasteiger partial charge in [-0.1, -0.05) is 5.16 Å². The van der Waals surface area contributed by atoms with Gasteiger partial charge < -0.3 is 9.84 Å². The van der Waals surface area contributed by atoms with Crippen LogP contribution in [0.2, 0.25) is 0 Å². The summed E-state index contributed by atoms with van der Waals surface area (Å²) in [5, 5.41) is 6.54. The number of halogens is 2. The van der Waals surface area contributed by atoms with Gasteiger partial charge >= 0.3 is 0 Å². The molecule has 0 aliphatic rings. The molecular formula is C15H11F2N3O2S. The smallest absolute Gasteiger partial charge is 0.258 e. The zero-order valence-corrected chi connectivity index (χ0v) is 12.8. The summed E-state index contributed by atoms with van der Waals surface area (Å²) >= 11 is 1.41. The number of nitrogens with zero attached hydrogens (tertiary/aromatic N) is 2. The molecule has 2 heterocycles. The van der Waals surface area contributed by atoms with Gasteiger partial charge in [0, 0.05) is 17.4 Å².